The number of fused-ring (bicyclic) bond motifs is 5. The predicted octanol–water partition coefficient (Wildman–Crippen LogP) is 8.96. The molecule has 1 saturated carbocycles. The van der Waals surface area contributed by atoms with Gasteiger partial charge < -0.3 is 18.8 Å². The lowest BCUT2D eigenvalue weighted by molar-refractivity contribution is -0.133. The molecule has 6 unspecified atom stereocenters. The maximum absolute atomic E-state index is 13.8. The quantitative estimate of drug-likeness (QED) is 0.133. The molecule has 290 valence electrons. The van der Waals surface area contributed by atoms with Gasteiger partial charge in [0.2, 0.25) is 11.8 Å². The molecule has 1 aliphatic carbocycles. The molecule has 4 bridgehead atoms. The minimum atomic E-state index is 0.230. The first kappa shape index (κ1) is 37.1. The van der Waals surface area contributed by atoms with Gasteiger partial charge in [0.1, 0.15) is 11.5 Å². The van der Waals surface area contributed by atoms with Gasteiger partial charge in [-0.1, -0.05) is 65.8 Å². The van der Waals surface area contributed by atoms with Crippen molar-refractivity contribution < 1.29 is 18.6 Å². The van der Waals surface area contributed by atoms with Crippen molar-refractivity contribution in [2.45, 2.75) is 133 Å². The standard InChI is InChI=1S/C45H54N4O4S2/c1-27-17-42-45(21-41(27)49(42)44(51)26-54-23-34-22-46-52-29(34)3)20-40(45)38-12-8-6-10-32(38)14-13-31-9-5-7-11-37(31)33-18-35-15-16-36(19-33)48(35)43(50)25-55-24-39-28(2)47-53-30(39)4/h5-12,22,27,33,35-36,40-42H,13-21,23-26H2,1-4H3/t27-,33?,35?,36?,40?,41?,42?,45?/m0/s1. The number of nitrogens with zero attached hydrogens (tertiary/aromatic N) is 4. The molecule has 5 aliphatic rings. The summed E-state index contributed by atoms with van der Waals surface area (Å²) in [4.78, 5) is 31.9. The molecule has 8 nitrogen and oxygen atoms in total. The van der Waals surface area contributed by atoms with E-state index in [2.05, 4.69) is 75.6 Å². The normalized spacial score (nSPS) is 29.1. The summed E-state index contributed by atoms with van der Waals surface area (Å²) < 4.78 is 10.6. The Balaban J connectivity index is 0.831. The van der Waals surface area contributed by atoms with Crippen LogP contribution in [-0.2, 0) is 33.9 Å². The highest BCUT2D eigenvalue weighted by atomic mass is 32.2. The van der Waals surface area contributed by atoms with Gasteiger partial charge in [0.15, 0.2) is 0 Å². The van der Waals surface area contributed by atoms with Crippen molar-refractivity contribution in [3.05, 3.63) is 105 Å². The highest BCUT2D eigenvalue weighted by Crippen LogP contribution is 2.72. The monoisotopic (exact) mass is 778 g/mol. The van der Waals surface area contributed by atoms with Crippen LogP contribution in [0.4, 0.5) is 0 Å². The molecule has 9 rings (SSSR count). The maximum Gasteiger partial charge on any atom is 0.233 e. The SMILES string of the molecule is Cc1noc(C)c1CSCC(=O)N1C2CCC1CC(c1ccccc1CCc1ccccc1C1CC13CC1[C@@H](C)CC3N1C(=O)CSCc1cnoc1C)C2. The van der Waals surface area contributed by atoms with Gasteiger partial charge in [-0.25, -0.2) is 0 Å². The van der Waals surface area contributed by atoms with E-state index in [-0.39, 0.29) is 5.41 Å². The third kappa shape index (κ3) is 6.87. The third-order valence-corrected chi connectivity index (χ3v) is 16.1. The molecule has 4 aliphatic heterocycles. The number of aryl methyl sites for hydroxylation is 5. The Morgan fingerprint density at radius 1 is 0.782 bits per heavy atom. The lowest BCUT2D eigenvalue weighted by Crippen LogP contribution is -2.47. The molecule has 0 radical (unpaired) electrons. The van der Waals surface area contributed by atoms with Gasteiger partial charge >= 0.3 is 0 Å². The fraction of sp³-hybridized carbons (Fsp3) is 0.556. The van der Waals surface area contributed by atoms with Crippen molar-refractivity contribution in [3.8, 4) is 0 Å². The van der Waals surface area contributed by atoms with Crippen molar-refractivity contribution in [3.63, 3.8) is 0 Å². The van der Waals surface area contributed by atoms with Crippen molar-refractivity contribution in [1.29, 1.82) is 0 Å². The molecule has 10 heteroatoms. The van der Waals surface area contributed by atoms with Gasteiger partial charge in [-0.15, -0.1) is 23.5 Å². The molecular weight excluding hydrogens is 725 g/mol. The number of hydrogen-bond acceptors (Lipinski definition) is 8. The zero-order valence-electron chi connectivity index (χ0n) is 32.7. The maximum atomic E-state index is 13.8. The second-order valence-corrected chi connectivity index (χ2v) is 19.2. The number of benzene rings is 2. The van der Waals surface area contributed by atoms with Gasteiger partial charge in [0.05, 0.1) is 23.4 Å². The van der Waals surface area contributed by atoms with E-state index >= 15 is 0 Å². The Bertz CT molecular complexity index is 2030. The predicted molar refractivity (Wildman–Crippen MR) is 218 cm³/mol. The molecule has 0 N–H and O–H groups in total. The van der Waals surface area contributed by atoms with Crippen LogP contribution in [0.25, 0.3) is 0 Å². The Labute approximate surface area is 333 Å². The summed E-state index contributed by atoms with van der Waals surface area (Å²) in [6, 6.07) is 19.7. The lowest BCUT2D eigenvalue weighted by atomic mass is 9.77. The van der Waals surface area contributed by atoms with Crippen LogP contribution in [0.5, 0.6) is 0 Å². The molecule has 1 spiro atoms. The van der Waals surface area contributed by atoms with E-state index in [0.717, 1.165) is 91.2 Å². The Hall–Kier alpha value is -3.50. The third-order valence-electron chi connectivity index (χ3n) is 14.2. The minimum Gasteiger partial charge on any atom is -0.361 e. The first-order valence-corrected chi connectivity index (χ1v) is 22.8. The van der Waals surface area contributed by atoms with Crippen molar-refractivity contribution in [2.75, 3.05) is 11.5 Å². The van der Waals surface area contributed by atoms with Gasteiger partial charge in [-0.2, -0.15) is 0 Å². The first-order valence-electron chi connectivity index (χ1n) is 20.5. The van der Waals surface area contributed by atoms with Crippen molar-refractivity contribution in [1.82, 2.24) is 20.1 Å². The largest absolute Gasteiger partial charge is 0.361 e. The zero-order chi connectivity index (χ0) is 37.8. The van der Waals surface area contributed by atoms with E-state index in [9.17, 15) is 9.59 Å². The molecule has 5 fully saturated rings. The summed E-state index contributed by atoms with van der Waals surface area (Å²) in [6.45, 7) is 8.21. The van der Waals surface area contributed by atoms with E-state index in [1.165, 1.54) is 28.7 Å². The highest BCUT2D eigenvalue weighted by Gasteiger charge is 2.70. The van der Waals surface area contributed by atoms with Crippen LogP contribution in [0.15, 0.2) is 63.8 Å². The highest BCUT2D eigenvalue weighted by molar-refractivity contribution is 7.99. The van der Waals surface area contributed by atoms with Gasteiger partial charge in [0.25, 0.3) is 0 Å². The number of carbonyl (C=O) groups excluding carboxylic acids is 2. The van der Waals surface area contributed by atoms with Crippen molar-refractivity contribution in [2.24, 2.45) is 11.3 Å². The molecule has 2 aromatic heterocycles. The number of hydrogen-bond donors (Lipinski definition) is 0. The Morgan fingerprint density at radius 2 is 1.44 bits per heavy atom. The van der Waals surface area contributed by atoms with Gasteiger partial charge in [-0.3, -0.25) is 9.59 Å². The number of thioether (sulfide) groups is 2. The second kappa shape index (κ2) is 15.1. The van der Waals surface area contributed by atoms with Crippen molar-refractivity contribution >= 4 is 35.3 Å². The number of carbonyl (C=O) groups is 2. The molecule has 4 saturated heterocycles. The van der Waals surface area contributed by atoms with Crippen LogP contribution in [0.2, 0.25) is 0 Å². The average Bonchev–Trinajstić information content (AvgIpc) is 3.56. The lowest BCUT2D eigenvalue weighted by Gasteiger charge is -2.40. The number of aromatic nitrogens is 2. The molecule has 4 aromatic rings. The molecule has 55 heavy (non-hydrogen) atoms. The number of amides is 2. The summed E-state index contributed by atoms with van der Waals surface area (Å²) in [5.74, 6) is 6.44. The van der Waals surface area contributed by atoms with Crippen LogP contribution < -0.4 is 0 Å². The van der Waals surface area contributed by atoms with Crippen LogP contribution in [0.3, 0.4) is 0 Å². The Kier molecular flexibility index (Phi) is 10.2. The van der Waals surface area contributed by atoms with Crippen LogP contribution >= 0.6 is 23.5 Å². The van der Waals surface area contributed by atoms with Crippen LogP contribution in [0.1, 0.15) is 114 Å². The van der Waals surface area contributed by atoms with E-state index in [1.807, 2.05) is 20.8 Å². The van der Waals surface area contributed by atoms with E-state index < -0.39 is 0 Å². The summed E-state index contributed by atoms with van der Waals surface area (Å²) in [7, 11) is 0. The zero-order valence-corrected chi connectivity index (χ0v) is 34.3. The van der Waals surface area contributed by atoms with E-state index in [4.69, 9.17) is 9.05 Å². The first-order chi connectivity index (χ1) is 26.7. The summed E-state index contributed by atoms with van der Waals surface area (Å²) in [5.41, 5.74) is 9.30. The van der Waals surface area contributed by atoms with Gasteiger partial charge in [0, 0.05) is 52.2 Å². The summed E-state index contributed by atoms with van der Waals surface area (Å²) in [5, 5.41) is 7.98. The molecule has 6 heterocycles. The van der Waals surface area contributed by atoms with Crippen LogP contribution in [-0.4, -0.2) is 67.6 Å². The molecular formula is C45H54N4O4S2. The molecule has 2 amide bonds. The summed E-state index contributed by atoms with van der Waals surface area (Å²) in [6.07, 6.45) is 11.6. The number of rotatable bonds is 13. The topological polar surface area (TPSA) is 92.7 Å². The fourth-order valence-corrected chi connectivity index (χ4v) is 13.3. The molecule has 2 aromatic carbocycles. The van der Waals surface area contributed by atoms with E-state index in [0.29, 0.717) is 65.2 Å². The minimum absolute atomic E-state index is 0.230. The average molecular weight is 779 g/mol. The molecule has 7 atom stereocenters. The Morgan fingerprint density at radius 3 is 2.11 bits per heavy atom. The van der Waals surface area contributed by atoms with Crippen LogP contribution in [0, 0.1) is 32.1 Å². The second-order valence-electron chi connectivity index (χ2n) is 17.2. The number of piperidine rings is 1. The van der Waals surface area contributed by atoms with Gasteiger partial charge in [-0.05, 0) is 119 Å². The van der Waals surface area contributed by atoms with E-state index in [1.54, 1.807) is 29.7 Å². The fourth-order valence-electron chi connectivity index (χ4n) is 11.3. The summed E-state index contributed by atoms with van der Waals surface area (Å²) >= 11 is 3.37. The smallest absolute Gasteiger partial charge is 0.233 e.